The minimum atomic E-state index is -3.92. The van der Waals surface area contributed by atoms with E-state index in [1.807, 2.05) is 24.3 Å². The maximum atomic E-state index is 12.7. The number of benzene rings is 4. The topological polar surface area (TPSA) is 271 Å². The van der Waals surface area contributed by atoms with Crippen LogP contribution in [-0.4, -0.2) is 128 Å². The SMILES string of the molecule is CS(=O)(=O)O.CS(=O)(=O)[O-].CS(=O)(=O)[O-].O=C(COc1ccc([S+]2CCCC2)c2ccccc12)OC1C2CC3CC(C2)CC1C3.O=C(O)COc1ccc([S+]2CCCC2)c2ccccc12.OC1C2CC3CC(C2)CC1C3. The Labute approximate surface area is 454 Å². The average Bonchev–Trinajstić information content (AvgIpc) is 4.08. The molecule has 0 unspecified atom stereocenters. The van der Waals surface area contributed by atoms with Crippen LogP contribution in [0.2, 0.25) is 0 Å². The smallest absolute Gasteiger partial charge is 0.344 e. The van der Waals surface area contributed by atoms with Gasteiger partial charge >= 0.3 is 11.9 Å². The number of carbonyl (C=O) groups excluding carboxylic acids is 1. The van der Waals surface area contributed by atoms with Crippen molar-refractivity contribution in [2.45, 2.75) is 112 Å². The Morgan fingerprint density at radius 3 is 1.18 bits per heavy atom. The lowest BCUT2D eigenvalue weighted by molar-refractivity contribution is -0.172. The van der Waals surface area contributed by atoms with Crippen LogP contribution in [-0.2, 0) is 66.5 Å². The van der Waals surface area contributed by atoms with Gasteiger partial charge in [0.15, 0.2) is 23.0 Å². The fraction of sp³-hybridized carbons (Fsp3) is 0.600. The molecule has 0 atom stereocenters. The first kappa shape index (κ1) is 60.0. The summed E-state index contributed by atoms with van der Waals surface area (Å²) in [4.78, 5) is 26.2. The van der Waals surface area contributed by atoms with E-state index in [9.17, 15) is 23.1 Å². The zero-order valence-corrected chi connectivity index (χ0v) is 47.6. The Morgan fingerprint density at radius 2 is 0.842 bits per heavy atom. The zero-order chi connectivity index (χ0) is 55.0. The molecule has 4 aromatic rings. The lowest BCUT2D eigenvalue weighted by Gasteiger charge is -2.53. The molecule has 21 heteroatoms. The van der Waals surface area contributed by atoms with Gasteiger partial charge in [-0.1, -0.05) is 36.4 Å². The summed E-state index contributed by atoms with van der Waals surface area (Å²) in [6.45, 7) is -0.285. The van der Waals surface area contributed by atoms with Gasteiger partial charge in [0.1, 0.15) is 40.6 Å². The van der Waals surface area contributed by atoms with Gasteiger partial charge in [0.2, 0.25) is 0 Å². The highest BCUT2D eigenvalue weighted by atomic mass is 32.2. The molecule has 8 aliphatic carbocycles. The molecule has 8 bridgehead atoms. The molecular weight excluding hydrogens is 1080 g/mol. The van der Waals surface area contributed by atoms with E-state index in [0.717, 1.165) is 40.2 Å². The first-order valence-corrected chi connectivity index (χ1v) is 34.9. The minimum Gasteiger partial charge on any atom is -0.748 e. The number of carboxylic acid groups (broad SMARTS) is 1. The standard InChI is InChI=1S/C26H31O3S.C16H16O3S.C10H16O.3CH4O3S/c27-25(29-26-19-12-17-11-18(14-19)15-20(26)13-17)16-28-23-7-8-24(30-9-3-4-10-30)22-6-2-1-5-21(22)23;17-16(18)11-19-14-7-8-15(20-9-3-4-10-20)13-6-2-1-5-12(13)14;11-10-8-2-6-1-7(4-8)5-9(10)3-6;3*1-5(2,3)4/h1-2,5-8,17-20,26H,3-4,9-16H2;1-2,5-8H,3-4,9-11H2;6-11H,1-5H2;3*1H3,(H,2,3,4)/q+1;;;;;/p-1. The third kappa shape index (κ3) is 18.2. The Bertz CT molecular complexity index is 2800. The number of ether oxygens (including phenoxy) is 3. The van der Waals surface area contributed by atoms with Crippen molar-refractivity contribution in [3.63, 3.8) is 0 Å². The Balaban J connectivity index is 0.000000156. The molecule has 10 aliphatic rings. The summed E-state index contributed by atoms with van der Waals surface area (Å²) in [5.74, 6) is 11.9. The molecule has 14 rings (SSSR count). The molecule has 4 aromatic carbocycles. The zero-order valence-electron chi connectivity index (χ0n) is 43.5. The van der Waals surface area contributed by atoms with E-state index in [1.54, 1.807) is 0 Å². The van der Waals surface area contributed by atoms with Crippen molar-refractivity contribution < 1.29 is 72.9 Å². The maximum Gasteiger partial charge on any atom is 0.344 e. The van der Waals surface area contributed by atoms with Gasteiger partial charge in [0, 0.05) is 55.8 Å². The van der Waals surface area contributed by atoms with Crippen LogP contribution in [0.1, 0.15) is 89.9 Å². The number of hydrogen-bond donors (Lipinski definition) is 3. The van der Waals surface area contributed by atoms with Crippen LogP contribution in [0.4, 0.5) is 0 Å². The number of esters is 1. The number of aliphatic carboxylic acids is 1. The highest BCUT2D eigenvalue weighted by molar-refractivity contribution is 7.97. The highest BCUT2D eigenvalue weighted by Gasteiger charge is 2.50. The fourth-order valence-electron chi connectivity index (χ4n) is 13.4. The molecule has 76 heavy (non-hydrogen) atoms. The first-order valence-electron chi connectivity index (χ1n) is 26.3. The third-order valence-corrected chi connectivity index (χ3v) is 20.7. The van der Waals surface area contributed by atoms with Crippen molar-refractivity contribution in [2.24, 2.45) is 47.3 Å². The van der Waals surface area contributed by atoms with Gasteiger partial charge in [0.05, 0.1) is 32.6 Å². The van der Waals surface area contributed by atoms with E-state index in [4.69, 9.17) is 49.8 Å². The summed E-state index contributed by atoms with van der Waals surface area (Å²) in [7, 11) is -10.8. The molecule has 0 amide bonds. The van der Waals surface area contributed by atoms with Crippen LogP contribution in [0, 0.1) is 47.3 Å². The molecule has 8 saturated carbocycles. The predicted molar refractivity (Wildman–Crippen MR) is 294 cm³/mol. The third-order valence-electron chi connectivity index (χ3n) is 15.7. The van der Waals surface area contributed by atoms with Crippen molar-refractivity contribution in [3.8, 4) is 11.5 Å². The number of hydrogen-bond acceptors (Lipinski definition) is 14. The Morgan fingerprint density at radius 1 is 0.526 bits per heavy atom. The van der Waals surface area contributed by atoms with E-state index < -0.39 is 36.3 Å². The van der Waals surface area contributed by atoms with Gasteiger partial charge in [-0.2, -0.15) is 8.42 Å². The predicted octanol–water partition coefficient (Wildman–Crippen LogP) is 8.06. The first-order chi connectivity index (χ1) is 35.8. The number of aliphatic hydroxyl groups is 1. The fourth-order valence-corrected chi connectivity index (χ4v) is 18.4. The number of carbonyl (C=O) groups is 2. The number of fused-ring (bicyclic) bond motifs is 2. The molecule has 0 radical (unpaired) electrons. The lowest BCUT2D eigenvalue weighted by Crippen LogP contribution is -2.50. The second kappa shape index (κ2) is 26.5. The summed E-state index contributed by atoms with van der Waals surface area (Å²) in [6, 6.07) is 25.0. The van der Waals surface area contributed by atoms with Gasteiger partial charge in [-0.05, 0) is 174 Å². The van der Waals surface area contributed by atoms with Crippen molar-refractivity contribution in [1.29, 1.82) is 0 Å². The maximum absolute atomic E-state index is 12.7. The van der Waals surface area contributed by atoms with Crippen LogP contribution in [0.15, 0.2) is 82.6 Å². The van der Waals surface area contributed by atoms with Gasteiger partial charge in [-0.25, -0.2) is 26.4 Å². The van der Waals surface area contributed by atoms with Crippen molar-refractivity contribution >= 4 is 85.6 Å². The molecule has 0 spiro atoms. The van der Waals surface area contributed by atoms with Crippen LogP contribution >= 0.6 is 0 Å². The summed E-state index contributed by atoms with van der Waals surface area (Å²) >= 11 is 0. The molecular formula is C55H74O16S5. The van der Waals surface area contributed by atoms with Crippen molar-refractivity contribution in [2.75, 3.05) is 55.0 Å². The molecule has 2 saturated heterocycles. The Hall–Kier alpha value is -3.67. The quantitative estimate of drug-likeness (QED) is 0.0812. The van der Waals surface area contributed by atoms with Gasteiger partial charge in [-0.3, -0.25) is 4.55 Å². The normalized spacial score (nSPS) is 28.0. The molecule has 0 aromatic heterocycles. The van der Waals surface area contributed by atoms with E-state index in [1.165, 1.54) is 133 Å². The van der Waals surface area contributed by atoms with Crippen LogP contribution in [0.5, 0.6) is 11.5 Å². The summed E-state index contributed by atoms with van der Waals surface area (Å²) in [6.07, 6.45) is 20.8. The van der Waals surface area contributed by atoms with Crippen LogP contribution in [0.3, 0.4) is 0 Å². The Kier molecular flexibility index (Phi) is 20.9. The molecule has 3 N–H and O–H groups in total. The lowest BCUT2D eigenvalue weighted by atomic mass is 9.55. The summed E-state index contributed by atoms with van der Waals surface area (Å²) in [5.41, 5.74) is 0. The van der Waals surface area contributed by atoms with Crippen LogP contribution in [0.25, 0.3) is 21.5 Å². The highest BCUT2D eigenvalue weighted by Crippen LogP contribution is 2.55. The number of rotatable bonds is 9. The summed E-state index contributed by atoms with van der Waals surface area (Å²) < 4.78 is 97.8. The van der Waals surface area contributed by atoms with E-state index >= 15 is 0 Å². The molecule has 2 heterocycles. The van der Waals surface area contributed by atoms with E-state index in [2.05, 4.69) is 48.5 Å². The number of carboxylic acids is 1. The van der Waals surface area contributed by atoms with Crippen molar-refractivity contribution in [1.82, 2.24) is 0 Å². The molecule has 10 fully saturated rings. The largest absolute Gasteiger partial charge is 0.748 e. The average molecular weight is 1150 g/mol. The van der Waals surface area contributed by atoms with E-state index in [0.29, 0.717) is 70.0 Å². The molecule has 420 valence electrons. The second-order valence-electron chi connectivity index (χ2n) is 21.9. The van der Waals surface area contributed by atoms with Gasteiger partial charge < -0.3 is 33.5 Å². The van der Waals surface area contributed by atoms with Crippen molar-refractivity contribution in [3.05, 3.63) is 72.8 Å². The molecule has 16 nitrogen and oxygen atoms in total. The molecule has 2 aliphatic heterocycles. The van der Waals surface area contributed by atoms with E-state index in [-0.39, 0.29) is 31.4 Å². The van der Waals surface area contributed by atoms with Gasteiger partial charge in [0.25, 0.3) is 10.1 Å². The van der Waals surface area contributed by atoms with Crippen LogP contribution < -0.4 is 9.47 Å². The number of aliphatic hydroxyl groups excluding tert-OH is 1. The summed E-state index contributed by atoms with van der Waals surface area (Å²) in [5, 5.41) is 23.2. The second-order valence-corrected chi connectivity index (χ2v) is 30.6. The van der Waals surface area contributed by atoms with Gasteiger partial charge in [-0.15, -0.1) is 0 Å². The minimum absolute atomic E-state index is 0.0118. The monoisotopic (exact) mass is 1150 g/mol.